The highest BCUT2D eigenvalue weighted by Gasteiger charge is 2.49. The fraction of sp³-hybridized carbons (Fsp3) is 0.550. The number of carbonyl (C=O) groups is 1. The van der Waals surface area contributed by atoms with Crippen LogP contribution in [0.4, 0.5) is 0 Å². The van der Waals surface area contributed by atoms with Crippen molar-refractivity contribution in [3.63, 3.8) is 0 Å². The van der Waals surface area contributed by atoms with Crippen molar-refractivity contribution in [1.82, 2.24) is 4.90 Å². The third-order valence-corrected chi connectivity index (χ3v) is 5.35. The summed E-state index contributed by atoms with van der Waals surface area (Å²) in [4.78, 5) is 14.8. The summed E-state index contributed by atoms with van der Waals surface area (Å²) in [7, 11) is 3.65. The summed E-state index contributed by atoms with van der Waals surface area (Å²) >= 11 is 0. The van der Waals surface area contributed by atoms with Crippen molar-refractivity contribution >= 4 is 5.97 Å². The van der Waals surface area contributed by atoms with Gasteiger partial charge in [0, 0.05) is 23.6 Å². The normalized spacial score (nSPS) is 29.2. The lowest BCUT2D eigenvalue weighted by atomic mass is 9.76. The van der Waals surface area contributed by atoms with Gasteiger partial charge in [-0.2, -0.15) is 0 Å². The summed E-state index contributed by atoms with van der Waals surface area (Å²) in [5, 5.41) is 0. The zero-order valence-corrected chi connectivity index (χ0v) is 13.5. The second kappa shape index (κ2) is 7.19. The van der Waals surface area contributed by atoms with Gasteiger partial charge in [0.25, 0.3) is 0 Å². The molecule has 0 aromatic heterocycles. The van der Waals surface area contributed by atoms with Crippen molar-refractivity contribution in [2.24, 2.45) is 5.92 Å². The van der Waals surface area contributed by atoms with Gasteiger partial charge in [-0.05, 0) is 50.9 Å². The van der Waals surface area contributed by atoms with Gasteiger partial charge in [-0.25, -0.2) is 0 Å². The third kappa shape index (κ3) is 3.14. The fourth-order valence-electron chi connectivity index (χ4n) is 4.22. The van der Waals surface area contributed by atoms with Gasteiger partial charge in [0.05, 0.1) is 13.0 Å². The molecule has 0 N–H and O–H groups in total. The molecule has 3 rings (SSSR count). The molecule has 0 aliphatic carbocycles. The molecule has 3 nitrogen and oxygen atoms in total. The molecule has 2 saturated heterocycles. The lowest BCUT2D eigenvalue weighted by Crippen LogP contribution is -2.49. The highest BCUT2D eigenvalue weighted by atomic mass is 16.5. The van der Waals surface area contributed by atoms with Gasteiger partial charge in [0.1, 0.15) is 0 Å². The predicted octanol–water partition coefficient (Wildman–Crippen LogP) is 3.43. The molecule has 23 heavy (non-hydrogen) atoms. The quantitative estimate of drug-likeness (QED) is 0.619. The third-order valence-electron chi connectivity index (χ3n) is 5.35. The van der Waals surface area contributed by atoms with Crippen LogP contribution in [0.3, 0.4) is 0 Å². The van der Waals surface area contributed by atoms with Crippen LogP contribution in [0.5, 0.6) is 0 Å². The summed E-state index contributed by atoms with van der Waals surface area (Å²) in [6.07, 6.45) is 3.31. The van der Waals surface area contributed by atoms with E-state index in [1.807, 2.05) is 6.92 Å². The Balaban J connectivity index is 0.00000192. The van der Waals surface area contributed by atoms with E-state index < -0.39 is 0 Å². The lowest BCUT2D eigenvalue weighted by molar-refractivity contribution is -0.150. The lowest BCUT2D eigenvalue weighted by Gasteiger charge is -2.41. The Morgan fingerprint density at radius 2 is 1.96 bits per heavy atom. The van der Waals surface area contributed by atoms with Gasteiger partial charge in [-0.15, -0.1) is 5.92 Å². The van der Waals surface area contributed by atoms with E-state index in [1.54, 1.807) is 0 Å². The van der Waals surface area contributed by atoms with Crippen LogP contribution in [0.1, 0.15) is 50.7 Å². The number of fused-ring (bicyclic) bond motifs is 2. The maximum atomic E-state index is 12.4. The zero-order chi connectivity index (χ0) is 15.7. The minimum absolute atomic E-state index is 0. The van der Waals surface area contributed by atoms with Crippen molar-refractivity contribution in [2.45, 2.75) is 51.6 Å². The number of nitrogens with zero attached hydrogens (tertiary/aromatic N) is 1. The summed E-state index contributed by atoms with van der Waals surface area (Å²) in [5.74, 6) is 6.11. The molecule has 2 aliphatic heterocycles. The Morgan fingerprint density at radius 3 is 2.57 bits per heavy atom. The number of hydrogen-bond donors (Lipinski definition) is 0. The smallest absolute Gasteiger partial charge is 0.310 e. The Hall–Kier alpha value is -1.79. The fourth-order valence-corrected chi connectivity index (χ4v) is 4.22. The van der Waals surface area contributed by atoms with Crippen molar-refractivity contribution in [1.29, 1.82) is 0 Å². The number of carbonyl (C=O) groups excluding carboxylic acids is 1. The molecule has 2 fully saturated rings. The van der Waals surface area contributed by atoms with Crippen LogP contribution in [-0.4, -0.2) is 37.1 Å². The first-order valence-corrected chi connectivity index (χ1v) is 7.98. The average molecular weight is 313 g/mol. The van der Waals surface area contributed by atoms with E-state index >= 15 is 0 Å². The number of piperidine rings is 1. The Bertz CT molecular complexity index is 611. The van der Waals surface area contributed by atoms with Crippen molar-refractivity contribution in [3.05, 3.63) is 35.4 Å². The predicted molar refractivity (Wildman–Crippen MR) is 93.2 cm³/mol. The van der Waals surface area contributed by atoms with Crippen LogP contribution in [-0.2, 0) is 9.53 Å². The highest BCUT2D eigenvalue weighted by molar-refractivity contribution is 5.75. The van der Waals surface area contributed by atoms with E-state index in [0.717, 1.165) is 18.4 Å². The zero-order valence-electron chi connectivity index (χ0n) is 13.5. The minimum atomic E-state index is -0.0698. The van der Waals surface area contributed by atoms with Crippen molar-refractivity contribution < 1.29 is 9.53 Å². The molecule has 0 saturated carbocycles. The number of rotatable bonds is 2. The van der Waals surface area contributed by atoms with E-state index in [1.165, 1.54) is 19.1 Å². The van der Waals surface area contributed by atoms with Crippen LogP contribution < -0.4 is 0 Å². The first-order valence-electron chi connectivity index (χ1n) is 7.98. The molecule has 4 atom stereocenters. The van der Waals surface area contributed by atoms with Crippen LogP contribution >= 0.6 is 0 Å². The molecule has 2 aliphatic rings. The number of methoxy groups -OCH3 is 1. The first kappa shape index (κ1) is 17.6. The highest BCUT2D eigenvalue weighted by Crippen LogP contribution is 2.46. The van der Waals surface area contributed by atoms with Crippen LogP contribution in [0.25, 0.3) is 0 Å². The molecular weight excluding hydrogens is 286 g/mol. The molecule has 2 heterocycles. The molecule has 1 aromatic carbocycles. The van der Waals surface area contributed by atoms with E-state index in [-0.39, 0.29) is 25.2 Å². The second-order valence-corrected chi connectivity index (χ2v) is 6.35. The SMILES string of the molecule is C.CC#Cc1ccc(C2CC3CCC(C2C(=O)OC)N3C)cc1. The minimum Gasteiger partial charge on any atom is -0.469 e. The average Bonchev–Trinajstić information content (AvgIpc) is 2.77. The number of ether oxygens (including phenoxy) is 1. The van der Waals surface area contributed by atoms with Crippen molar-refractivity contribution in [2.75, 3.05) is 14.2 Å². The molecule has 0 amide bonds. The largest absolute Gasteiger partial charge is 0.469 e. The van der Waals surface area contributed by atoms with Gasteiger partial charge in [-0.1, -0.05) is 25.5 Å². The Labute approximate surface area is 140 Å². The van der Waals surface area contributed by atoms with Crippen molar-refractivity contribution in [3.8, 4) is 11.8 Å². The van der Waals surface area contributed by atoms with E-state index in [9.17, 15) is 4.79 Å². The Kier molecular flexibility index (Phi) is 5.49. The summed E-state index contributed by atoms with van der Waals surface area (Å²) < 4.78 is 5.11. The number of hydrogen-bond acceptors (Lipinski definition) is 3. The monoisotopic (exact) mass is 313 g/mol. The molecule has 4 unspecified atom stereocenters. The van der Waals surface area contributed by atoms with E-state index in [2.05, 4.69) is 48.1 Å². The van der Waals surface area contributed by atoms with Gasteiger partial charge in [0.2, 0.25) is 0 Å². The maximum absolute atomic E-state index is 12.4. The first-order chi connectivity index (χ1) is 10.7. The molecule has 124 valence electrons. The van der Waals surface area contributed by atoms with Gasteiger partial charge in [-0.3, -0.25) is 9.69 Å². The maximum Gasteiger partial charge on any atom is 0.310 e. The summed E-state index contributed by atoms with van der Waals surface area (Å²) in [5.41, 5.74) is 2.26. The number of benzene rings is 1. The van der Waals surface area contributed by atoms with Gasteiger partial charge >= 0.3 is 5.97 Å². The Morgan fingerprint density at radius 1 is 1.26 bits per heavy atom. The molecule has 2 bridgehead atoms. The second-order valence-electron chi connectivity index (χ2n) is 6.35. The summed E-state index contributed by atoms with van der Waals surface area (Å²) in [6.45, 7) is 1.84. The molecule has 1 aromatic rings. The molecule has 3 heteroatoms. The van der Waals surface area contributed by atoms with Crippen LogP contribution in [0, 0.1) is 17.8 Å². The molecule has 0 radical (unpaired) electrons. The molecule has 0 spiro atoms. The van der Waals surface area contributed by atoms with Gasteiger partial charge < -0.3 is 4.74 Å². The van der Waals surface area contributed by atoms with Crippen LogP contribution in [0.2, 0.25) is 0 Å². The standard InChI is InChI=1S/C19H23NO2.CH4/c1-4-5-13-6-8-14(9-7-13)16-12-15-10-11-17(20(15)2)18(16)19(21)22-3;/h6-9,15-18H,10-12H2,1-3H3;1H4. The number of esters is 1. The van der Waals surface area contributed by atoms with E-state index in [4.69, 9.17) is 4.74 Å². The molecular formula is C20H27NO2. The van der Waals surface area contributed by atoms with Gasteiger partial charge in [0.15, 0.2) is 0 Å². The summed E-state index contributed by atoms with van der Waals surface area (Å²) in [6, 6.07) is 9.27. The van der Waals surface area contributed by atoms with Crippen LogP contribution in [0.15, 0.2) is 24.3 Å². The van der Waals surface area contributed by atoms with E-state index in [0.29, 0.717) is 12.1 Å². The topological polar surface area (TPSA) is 29.5 Å².